The summed E-state index contributed by atoms with van der Waals surface area (Å²) in [6, 6.07) is 21.3. The quantitative estimate of drug-likeness (QED) is 0.378. The molecule has 1 N–H and O–H groups in total. The number of hydrogen-bond donors (Lipinski definition) is 1. The lowest BCUT2D eigenvalue weighted by Crippen LogP contribution is -2.51. The second-order valence-electron chi connectivity index (χ2n) is 8.73. The Bertz CT molecular complexity index is 1310. The molecule has 0 aliphatic heterocycles. The summed E-state index contributed by atoms with van der Waals surface area (Å²) in [5.41, 5.74) is 1.90. The number of anilines is 1. The predicted octanol–water partition coefficient (Wildman–Crippen LogP) is 4.79. The maximum Gasteiger partial charge on any atom is 0.264 e. The fourth-order valence-electron chi connectivity index (χ4n) is 3.85. The van der Waals surface area contributed by atoms with Gasteiger partial charge in [0.15, 0.2) is 0 Å². The van der Waals surface area contributed by atoms with Crippen LogP contribution >= 0.6 is 11.6 Å². The number of hydrogen-bond acceptors (Lipinski definition) is 4. The Kier molecular flexibility index (Phi) is 9.72. The number of sulfonamides is 1. The second-order valence-corrected chi connectivity index (χ2v) is 11.0. The van der Waals surface area contributed by atoms with Crippen molar-refractivity contribution in [3.63, 3.8) is 0 Å². The number of nitrogens with one attached hydrogen (secondary N) is 1. The van der Waals surface area contributed by atoms with E-state index in [1.807, 2.05) is 37.3 Å². The van der Waals surface area contributed by atoms with Gasteiger partial charge in [-0.05, 0) is 61.7 Å². The zero-order valence-electron chi connectivity index (χ0n) is 21.2. The van der Waals surface area contributed by atoms with Crippen molar-refractivity contribution in [2.45, 2.75) is 44.7 Å². The summed E-state index contributed by atoms with van der Waals surface area (Å²) in [4.78, 5) is 28.1. The molecular weight excluding hydrogens is 510 g/mol. The average Bonchev–Trinajstić information content (AvgIpc) is 2.89. The van der Waals surface area contributed by atoms with Crippen molar-refractivity contribution in [3.8, 4) is 0 Å². The van der Waals surface area contributed by atoms with Crippen LogP contribution in [-0.2, 0) is 26.2 Å². The minimum atomic E-state index is -4.13. The lowest BCUT2D eigenvalue weighted by molar-refractivity contribution is -0.139. The SMILES string of the molecule is CCCNC(=O)C(C)N(Cc1ccccc1)C(=O)CN(c1ccccc1C)S(=O)(=O)c1ccc(Cl)cc1. The number of benzene rings is 3. The molecule has 0 aliphatic carbocycles. The first-order valence-corrected chi connectivity index (χ1v) is 13.9. The molecule has 0 fully saturated rings. The maximum atomic E-state index is 13.8. The largest absolute Gasteiger partial charge is 0.354 e. The van der Waals surface area contributed by atoms with Gasteiger partial charge in [0.2, 0.25) is 11.8 Å². The molecule has 1 unspecified atom stereocenters. The third-order valence-corrected chi connectivity index (χ3v) is 8.00. The normalized spacial score (nSPS) is 12.0. The van der Waals surface area contributed by atoms with E-state index in [1.54, 1.807) is 38.1 Å². The highest BCUT2D eigenvalue weighted by Crippen LogP contribution is 2.28. The first-order chi connectivity index (χ1) is 17.6. The fraction of sp³-hybridized carbons (Fsp3) is 0.286. The Morgan fingerprint density at radius 1 is 0.946 bits per heavy atom. The summed E-state index contributed by atoms with van der Waals surface area (Å²) in [6.45, 7) is 5.54. The highest BCUT2D eigenvalue weighted by Gasteiger charge is 2.33. The molecule has 0 radical (unpaired) electrons. The lowest BCUT2D eigenvalue weighted by Gasteiger charge is -2.32. The molecule has 1 atom stereocenters. The summed E-state index contributed by atoms with van der Waals surface area (Å²) in [7, 11) is -4.13. The van der Waals surface area contributed by atoms with Crippen LogP contribution in [0.4, 0.5) is 5.69 Å². The fourth-order valence-corrected chi connectivity index (χ4v) is 5.45. The molecule has 0 saturated heterocycles. The van der Waals surface area contributed by atoms with E-state index in [-0.39, 0.29) is 17.3 Å². The van der Waals surface area contributed by atoms with Crippen molar-refractivity contribution < 1.29 is 18.0 Å². The van der Waals surface area contributed by atoms with Crippen LogP contribution in [0, 0.1) is 6.92 Å². The zero-order chi connectivity index (χ0) is 27.0. The maximum absolute atomic E-state index is 13.8. The standard InChI is InChI=1S/C28H32ClN3O4S/c1-4-18-30-28(34)22(3)31(19-23-11-6-5-7-12-23)27(33)20-32(26-13-9-8-10-21(26)2)37(35,36)25-16-14-24(29)15-17-25/h5-17,22H,4,18-20H2,1-3H3,(H,30,34). The lowest BCUT2D eigenvalue weighted by atomic mass is 10.1. The summed E-state index contributed by atoms with van der Waals surface area (Å²) in [5.74, 6) is -0.794. The first kappa shape index (κ1) is 28.2. The highest BCUT2D eigenvalue weighted by molar-refractivity contribution is 7.92. The molecule has 3 aromatic carbocycles. The van der Waals surface area contributed by atoms with Crippen LogP contribution < -0.4 is 9.62 Å². The molecule has 0 aromatic heterocycles. The Labute approximate surface area is 224 Å². The topological polar surface area (TPSA) is 86.8 Å². The average molecular weight is 542 g/mol. The van der Waals surface area contributed by atoms with E-state index >= 15 is 0 Å². The smallest absolute Gasteiger partial charge is 0.264 e. The molecule has 7 nitrogen and oxygen atoms in total. The summed E-state index contributed by atoms with van der Waals surface area (Å²) in [6.07, 6.45) is 0.755. The van der Waals surface area contributed by atoms with Crippen LogP contribution in [0.15, 0.2) is 83.8 Å². The van der Waals surface area contributed by atoms with E-state index in [4.69, 9.17) is 11.6 Å². The molecule has 2 amide bonds. The van der Waals surface area contributed by atoms with Gasteiger partial charge in [0, 0.05) is 18.1 Å². The molecule has 0 aliphatic rings. The van der Waals surface area contributed by atoms with Gasteiger partial charge in [-0.3, -0.25) is 13.9 Å². The van der Waals surface area contributed by atoms with Crippen LogP contribution in [-0.4, -0.2) is 44.3 Å². The Hall–Kier alpha value is -3.36. The minimum Gasteiger partial charge on any atom is -0.354 e. The molecule has 196 valence electrons. The van der Waals surface area contributed by atoms with Crippen molar-refractivity contribution in [1.29, 1.82) is 0 Å². The molecule has 0 heterocycles. The van der Waals surface area contributed by atoms with Crippen molar-refractivity contribution in [1.82, 2.24) is 10.2 Å². The van der Waals surface area contributed by atoms with E-state index in [9.17, 15) is 18.0 Å². The molecule has 0 spiro atoms. The molecule has 37 heavy (non-hydrogen) atoms. The number of para-hydroxylation sites is 1. The van der Waals surface area contributed by atoms with Gasteiger partial charge < -0.3 is 10.2 Å². The number of aryl methyl sites for hydroxylation is 1. The summed E-state index contributed by atoms with van der Waals surface area (Å²) in [5, 5.41) is 3.23. The third kappa shape index (κ3) is 7.11. The van der Waals surface area contributed by atoms with E-state index < -0.39 is 28.5 Å². The molecule has 0 bridgehead atoms. The van der Waals surface area contributed by atoms with Gasteiger partial charge in [0.05, 0.1) is 10.6 Å². The summed E-state index contributed by atoms with van der Waals surface area (Å²) >= 11 is 5.98. The Morgan fingerprint density at radius 3 is 2.19 bits per heavy atom. The van der Waals surface area contributed by atoms with Gasteiger partial charge >= 0.3 is 0 Å². The van der Waals surface area contributed by atoms with Gasteiger partial charge in [-0.25, -0.2) is 8.42 Å². The van der Waals surface area contributed by atoms with Crippen LogP contribution in [0.25, 0.3) is 0 Å². The molecule has 9 heteroatoms. The van der Waals surface area contributed by atoms with Gasteiger partial charge in [-0.2, -0.15) is 0 Å². The van der Waals surface area contributed by atoms with Crippen LogP contribution in [0.1, 0.15) is 31.4 Å². The number of nitrogens with zero attached hydrogens (tertiary/aromatic N) is 2. The Balaban J connectivity index is 2.02. The van der Waals surface area contributed by atoms with E-state index in [0.717, 1.165) is 16.3 Å². The van der Waals surface area contributed by atoms with Crippen molar-refractivity contribution >= 4 is 39.1 Å². The van der Waals surface area contributed by atoms with Gasteiger partial charge in [-0.1, -0.05) is 67.1 Å². The van der Waals surface area contributed by atoms with Crippen molar-refractivity contribution in [2.75, 3.05) is 17.4 Å². The van der Waals surface area contributed by atoms with E-state index in [2.05, 4.69) is 5.32 Å². The molecule has 3 rings (SSSR count). The van der Waals surface area contributed by atoms with Crippen LogP contribution in [0.5, 0.6) is 0 Å². The third-order valence-electron chi connectivity index (χ3n) is 5.98. The number of amides is 2. The number of halogens is 1. The summed E-state index contributed by atoms with van der Waals surface area (Å²) < 4.78 is 28.7. The monoisotopic (exact) mass is 541 g/mol. The molecule has 0 saturated carbocycles. The highest BCUT2D eigenvalue weighted by atomic mass is 35.5. The van der Waals surface area contributed by atoms with E-state index in [0.29, 0.717) is 22.8 Å². The number of rotatable bonds is 11. The van der Waals surface area contributed by atoms with Crippen molar-refractivity contribution in [2.24, 2.45) is 0 Å². The van der Waals surface area contributed by atoms with E-state index in [1.165, 1.54) is 29.2 Å². The number of carbonyl (C=O) groups excluding carboxylic acids is 2. The molecule has 3 aromatic rings. The first-order valence-electron chi connectivity index (χ1n) is 12.1. The predicted molar refractivity (Wildman–Crippen MR) is 147 cm³/mol. The molecular formula is C28H32ClN3O4S. The zero-order valence-corrected chi connectivity index (χ0v) is 22.8. The Morgan fingerprint density at radius 2 is 1.57 bits per heavy atom. The minimum absolute atomic E-state index is 0.0105. The number of carbonyl (C=O) groups is 2. The second kappa shape index (κ2) is 12.7. The van der Waals surface area contributed by atoms with Crippen molar-refractivity contribution in [3.05, 3.63) is 95.0 Å². The van der Waals surface area contributed by atoms with Gasteiger partial charge in [0.25, 0.3) is 10.0 Å². The van der Waals surface area contributed by atoms with Gasteiger partial charge in [-0.15, -0.1) is 0 Å². The van der Waals surface area contributed by atoms with Crippen LogP contribution in [0.3, 0.4) is 0 Å². The van der Waals surface area contributed by atoms with Crippen LogP contribution in [0.2, 0.25) is 5.02 Å². The van der Waals surface area contributed by atoms with Gasteiger partial charge in [0.1, 0.15) is 12.6 Å².